The van der Waals surface area contributed by atoms with Gasteiger partial charge in [-0.05, 0) is 72.2 Å². The van der Waals surface area contributed by atoms with E-state index in [1.807, 2.05) is 13.8 Å². The second-order valence-corrected chi connectivity index (χ2v) is 11.4. The fraction of sp³-hybridized carbons (Fsp3) is 0.294. The van der Waals surface area contributed by atoms with E-state index in [9.17, 15) is 1.37 Å². The van der Waals surface area contributed by atoms with Crippen LogP contribution in [-0.4, -0.2) is 5.54 Å². The fourth-order valence-corrected chi connectivity index (χ4v) is 5.94. The van der Waals surface area contributed by atoms with Gasteiger partial charge in [0.2, 0.25) is 0 Å². The highest BCUT2D eigenvalue weighted by Gasteiger charge is 2.40. The summed E-state index contributed by atoms with van der Waals surface area (Å²) in [5, 5.41) is 0. The van der Waals surface area contributed by atoms with E-state index in [2.05, 4.69) is 131 Å². The molecule has 1 heteroatoms. The van der Waals surface area contributed by atoms with Crippen LogP contribution in [0.15, 0.2) is 91.0 Å². The molecule has 4 aromatic rings. The van der Waals surface area contributed by atoms with Crippen LogP contribution in [0.4, 0.5) is 11.4 Å². The lowest BCUT2D eigenvalue weighted by Crippen LogP contribution is -2.39. The minimum Gasteiger partial charge on any atom is -0.335 e. The summed E-state index contributed by atoms with van der Waals surface area (Å²) in [6.07, 6.45) is 0. The lowest BCUT2D eigenvalue weighted by Gasteiger charge is -2.42. The summed E-state index contributed by atoms with van der Waals surface area (Å²) in [4.78, 5) is 2.46. The second-order valence-electron chi connectivity index (χ2n) is 11.4. The van der Waals surface area contributed by atoms with Crippen LogP contribution < -0.4 is 4.90 Å². The Morgan fingerprint density at radius 1 is 0.686 bits per heavy atom. The summed E-state index contributed by atoms with van der Waals surface area (Å²) >= 11 is 0. The highest BCUT2D eigenvalue weighted by Crippen LogP contribution is 2.54. The molecule has 1 aliphatic carbocycles. The van der Waals surface area contributed by atoms with Crippen molar-refractivity contribution in [3.05, 3.63) is 108 Å². The molecule has 0 atom stereocenters. The largest absolute Gasteiger partial charge is 0.335 e. The molecular weight excluding hydrogens is 422 g/mol. The first-order chi connectivity index (χ1) is 16.9. The topological polar surface area (TPSA) is 3.24 Å². The lowest BCUT2D eigenvalue weighted by atomic mass is 9.77. The monoisotopic (exact) mass is 460 g/mol. The smallest absolute Gasteiger partial charge is 0.0495 e. The van der Waals surface area contributed by atoms with Crippen molar-refractivity contribution in [2.24, 2.45) is 0 Å². The van der Waals surface area contributed by atoms with Gasteiger partial charge in [0, 0.05) is 29.3 Å². The Hall–Kier alpha value is -3.32. The van der Waals surface area contributed by atoms with Gasteiger partial charge in [0.1, 0.15) is 0 Å². The van der Waals surface area contributed by atoms with Crippen LogP contribution in [0.3, 0.4) is 0 Å². The zero-order valence-electron chi connectivity index (χ0n) is 23.1. The molecular formula is C34H37N. The van der Waals surface area contributed by atoms with Crippen LogP contribution in [0.1, 0.15) is 72.4 Å². The van der Waals surface area contributed by atoms with Gasteiger partial charge in [-0.1, -0.05) is 107 Å². The quantitative estimate of drug-likeness (QED) is 0.293. The molecule has 0 fully saturated rings. The van der Waals surface area contributed by atoms with E-state index in [4.69, 9.17) is 0 Å². The summed E-state index contributed by atoms with van der Waals surface area (Å²) in [6.45, 7) is 15.5. The predicted molar refractivity (Wildman–Crippen MR) is 152 cm³/mol. The summed E-state index contributed by atoms with van der Waals surface area (Å²) in [7, 11) is 0. The molecule has 5 rings (SSSR count). The third-order valence-corrected chi connectivity index (χ3v) is 7.34. The molecule has 1 nitrogen and oxygen atoms in total. The zero-order chi connectivity index (χ0) is 25.9. The van der Waals surface area contributed by atoms with Crippen molar-refractivity contribution in [1.29, 1.82) is 0 Å². The third-order valence-electron chi connectivity index (χ3n) is 7.34. The van der Waals surface area contributed by atoms with Crippen molar-refractivity contribution < 1.29 is 1.37 Å². The molecule has 0 unspecified atom stereocenters. The standard InChI is InChI=1S/C34H37N/c1-23(2)31-30(22-21-27-26-18-11-13-19-28(26)34(6,7)32(27)31)35(33(3,4)5)29-20-14-12-17-25(29)24-15-9-8-10-16-24/h8-23H,1-7H3/i23D. The van der Waals surface area contributed by atoms with Gasteiger partial charge in [-0.15, -0.1) is 0 Å². The van der Waals surface area contributed by atoms with E-state index in [1.165, 1.54) is 33.4 Å². The molecule has 0 bridgehead atoms. The van der Waals surface area contributed by atoms with E-state index in [-0.39, 0.29) is 11.0 Å². The second kappa shape index (κ2) is 8.41. The van der Waals surface area contributed by atoms with Gasteiger partial charge in [0.15, 0.2) is 0 Å². The lowest BCUT2D eigenvalue weighted by molar-refractivity contribution is 0.555. The molecule has 0 saturated carbocycles. The van der Waals surface area contributed by atoms with Crippen molar-refractivity contribution in [2.75, 3.05) is 4.90 Å². The minimum absolute atomic E-state index is 0.182. The van der Waals surface area contributed by atoms with Gasteiger partial charge in [0.25, 0.3) is 0 Å². The Bertz CT molecular complexity index is 1420. The Morgan fingerprint density at radius 2 is 1.29 bits per heavy atom. The van der Waals surface area contributed by atoms with Gasteiger partial charge in [-0.2, -0.15) is 0 Å². The van der Waals surface area contributed by atoms with E-state index < -0.39 is 5.89 Å². The van der Waals surface area contributed by atoms with Gasteiger partial charge in [-0.25, -0.2) is 0 Å². The SMILES string of the molecule is [2H]C(C)(C)c1c(N(c2ccccc2-c2ccccc2)C(C)(C)C)ccc2c1C(C)(C)c1ccccc1-2. The zero-order valence-corrected chi connectivity index (χ0v) is 22.1. The summed E-state index contributed by atoms with van der Waals surface area (Å²) in [5.41, 5.74) is 10.6. The number of para-hydroxylation sites is 1. The average molecular weight is 461 g/mol. The molecule has 0 aliphatic heterocycles. The van der Waals surface area contributed by atoms with Crippen molar-refractivity contribution in [2.45, 2.75) is 65.3 Å². The van der Waals surface area contributed by atoms with E-state index in [1.54, 1.807) is 0 Å². The van der Waals surface area contributed by atoms with Gasteiger partial charge >= 0.3 is 0 Å². The molecule has 0 spiro atoms. The van der Waals surface area contributed by atoms with Gasteiger partial charge in [-0.3, -0.25) is 0 Å². The van der Waals surface area contributed by atoms with E-state index in [0.29, 0.717) is 0 Å². The molecule has 0 saturated heterocycles. The Balaban J connectivity index is 1.84. The number of hydrogen-bond donors (Lipinski definition) is 0. The Morgan fingerprint density at radius 3 is 1.94 bits per heavy atom. The minimum atomic E-state index is -0.787. The first-order valence-electron chi connectivity index (χ1n) is 13.1. The van der Waals surface area contributed by atoms with Crippen LogP contribution in [0.5, 0.6) is 0 Å². The predicted octanol–water partition coefficient (Wildman–Crippen LogP) is 9.72. The maximum absolute atomic E-state index is 9.42. The number of anilines is 2. The normalized spacial score (nSPS) is 14.8. The highest BCUT2D eigenvalue weighted by atomic mass is 15.2. The van der Waals surface area contributed by atoms with Gasteiger partial charge in [0.05, 0.1) is 0 Å². The highest BCUT2D eigenvalue weighted by molar-refractivity contribution is 5.89. The number of benzene rings is 4. The Kier molecular flexibility index (Phi) is 5.33. The molecule has 0 aromatic heterocycles. The van der Waals surface area contributed by atoms with Gasteiger partial charge < -0.3 is 4.90 Å². The van der Waals surface area contributed by atoms with E-state index in [0.717, 1.165) is 16.9 Å². The number of nitrogens with zero attached hydrogens (tertiary/aromatic N) is 1. The van der Waals surface area contributed by atoms with E-state index >= 15 is 0 Å². The third kappa shape index (κ3) is 3.78. The van der Waals surface area contributed by atoms with Crippen LogP contribution >= 0.6 is 0 Å². The summed E-state index contributed by atoms with van der Waals surface area (Å²) < 4.78 is 9.42. The molecule has 35 heavy (non-hydrogen) atoms. The molecule has 0 radical (unpaired) electrons. The number of rotatable bonds is 4. The molecule has 0 amide bonds. The van der Waals surface area contributed by atoms with Crippen LogP contribution in [0.25, 0.3) is 22.3 Å². The van der Waals surface area contributed by atoms with Crippen LogP contribution in [-0.2, 0) is 5.41 Å². The molecule has 4 aromatic carbocycles. The van der Waals surface area contributed by atoms with Crippen molar-refractivity contribution in [1.82, 2.24) is 0 Å². The number of fused-ring (bicyclic) bond motifs is 3. The van der Waals surface area contributed by atoms with Crippen molar-refractivity contribution >= 4 is 11.4 Å². The maximum atomic E-state index is 9.42. The van der Waals surface area contributed by atoms with Crippen LogP contribution in [0.2, 0.25) is 0 Å². The van der Waals surface area contributed by atoms with Crippen LogP contribution in [0, 0.1) is 0 Å². The molecule has 0 N–H and O–H groups in total. The fourth-order valence-electron chi connectivity index (χ4n) is 5.94. The molecule has 1 aliphatic rings. The summed E-state index contributed by atoms with van der Waals surface area (Å²) in [5.74, 6) is -0.787. The Labute approximate surface area is 212 Å². The van der Waals surface area contributed by atoms with Crippen molar-refractivity contribution in [3.8, 4) is 22.3 Å². The maximum Gasteiger partial charge on any atom is 0.0495 e. The summed E-state index contributed by atoms with van der Waals surface area (Å²) in [6, 6.07) is 32.6. The first-order valence-corrected chi connectivity index (χ1v) is 12.6. The molecule has 178 valence electrons. The number of hydrogen-bond acceptors (Lipinski definition) is 1. The average Bonchev–Trinajstić information content (AvgIpc) is 3.05. The molecule has 0 heterocycles. The van der Waals surface area contributed by atoms with Crippen molar-refractivity contribution in [3.63, 3.8) is 0 Å². The first kappa shape index (κ1) is 22.2.